The molecule has 2 fully saturated rings. The molecule has 96 valence electrons. The topological polar surface area (TPSA) is 12.0 Å². The highest BCUT2D eigenvalue weighted by Gasteiger charge is 2.38. The lowest BCUT2D eigenvalue weighted by molar-refractivity contribution is 0.305. The van der Waals surface area contributed by atoms with Crippen LogP contribution in [0.3, 0.4) is 0 Å². The van der Waals surface area contributed by atoms with Crippen LogP contribution in [0, 0.1) is 23.7 Å². The average molecular weight is 251 g/mol. The third kappa shape index (κ3) is 2.73. The molecule has 1 heterocycles. The smallest absolute Gasteiger partial charge is 0.00729 e. The predicted octanol–water partition coefficient (Wildman–Crippen LogP) is 3.32. The van der Waals surface area contributed by atoms with Gasteiger partial charge in [0.1, 0.15) is 0 Å². The molecule has 1 aliphatic heterocycles. The van der Waals surface area contributed by atoms with Gasteiger partial charge in [0.05, 0.1) is 0 Å². The summed E-state index contributed by atoms with van der Waals surface area (Å²) in [7, 11) is 0. The van der Waals surface area contributed by atoms with E-state index in [0.717, 1.165) is 29.7 Å². The zero-order valence-electron chi connectivity index (χ0n) is 10.9. The Morgan fingerprint density at radius 3 is 2.71 bits per heavy atom. The van der Waals surface area contributed by atoms with Crippen molar-refractivity contribution >= 4 is 11.8 Å². The molecule has 1 nitrogen and oxygen atoms in total. The lowest BCUT2D eigenvalue weighted by Gasteiger charge is -2.29. The van der Waals surface area contributed by atoms with E-state index in [1.54, 1.807) is 0 Å². The van der Waals surface area contributed by atoms with E-state index in [0.29, 0.717) is 0 Å². The summed E-state index contributed by atoms with van der Waals surface area (Å²) in [6, 6.07) is 0.726. The quantitative estimate of drug-likeness (QED) is 0.769. The average Bonchev–Trinajstić information content (AvgIpc) is 2.99. The number of hydrogen-bond acceptors (Lipinski definition) is 2. The van der Waals surface area contributed by atoms with E-state index in [-0.39, 0.29) is 0 Å². The molecule has 0 aromatic rings. The Kier molecular flexibility index (Phi) is 3.81. The summed E-state index contributed by atoms with van der Waals surface area (Å²) in [5, 5.41) is 3.84. The lowest BCUT2D eigenvalue weighted by Crippen LogP contribution is -2.39. The maximum absolute atomic E-state index is 3.84. The number of thioether (sulfide) groups is 1. The first kappa shape index (κ1) is 12.1. The van der Waals surface area contributed by atoms with E-state index in [4.69, 9.17) is 0 Å². The highest BCUT2D eigenvalue weighted by molar-refractivity contribution is 7.99. The molecule has 4 atom stereocenters. The van der Waals surface area contributed by atoms with Crippen LogP contribution in [0.1, 0.15) is 32.6 Å². The van der Waals surface area contributed by atoms with E-state index < -0.39 is 0 Å². The molecule has 3 rings (SSSR count). The molecule has 3 aliphatic rings. The summed E-state index contributed by atoms with van der Waals surface area (Å²) >= 11 is 2.13. The molecule has 1 N–H and O–H groups in total. The van der Waals surface area contributed by atoms with Crippen molar-refractivity contribution in [2.45, 2.75) is 38.6 Å². The van der Waals surface area contributed by atoms with Gasteiger partial charge in [-0.3, -0.25) is 0 Å². The summed E-state index contributed by atoms with van der Waals surface area (Å²) in [6.07, 6.45) is 10.7. The van der Waals surface area contributed by atoms with Gasteiger partial charge in [0.2, 0.25) is 0 Å². The molecule has 1 saturated carbocycles. The Balaban J connectivity index is 1.44. The Morgan fingerprint density at radius 2 is 2.06 bits per heavy atom. The van der Waals surface area contributed by atoms with Crippen molar-refractivity contribution < 1.29 is 0 Å². The van der Waals surface area contributed by atoms with E-state index >= 15 is 0 Å². The number of allylic oxidation sites excluding steroid dienone is 2. The molecule has 0 aromatic carbocycles. The molecular formula is C15H25NS. The number of fused-ring (bicyclic) bond motifs is 2. The van der Waals surface area contributed by atoms with Crippen molar-refractivity contribution in [1.29, 1.82) is 0 Å². The summed E-state index contributed by atoms with van der Waals surface area (Å²) in [5.74, 6) is 6.45. The van der Waals surface area contributed by atoms with Crippen LogP contribution in [0.25, 0.3) is 0 Å². The molecule has 0 radical (unpaired) electrons. The summed E-state index contributed by atoms with van der Waals surface area (Å²) in [5.41, 5.74) is 0. The first-order chi connectivity index (χ1) is 8.33. The van der Waals surface area contributed by atoms with Crippen LogP contribution in [0.2, 0.25) is 0 Å². The van der Waals surface area contributed by atoms with Gasteiger partial charge in [-0.05, 0) is 74.3 Å². The number of hydrogen-bond donors (Lipinski definition) is 1. The van der Waals surface area contributed by atoms with Gasteiger partial charge in [0, 0.05) is 6.04 Å². The van der Waals surface area contributed by atoms with Gasteiger partial charge in [-0.2, -0.15) is 11.8 Å². The van der Waals surface area contributed by atoms with Crippen LogP contribution in [0.5, 0.6) is 0 Å². The van der Waals surface area contributed by atoms with Crippen molar-refractivity contribution in [2.75, 3.05) is 18.1 Å². The Hall–Kier alpha value is 0.0500. The highest BCUT2D eigenvalue weighted by Crippen LogP contribution is 2.44. The monoisotopic (exact) mass is 251 g/mol. The van der Waals surface area contributed by atoms with Crippen molar-refractivity contribution in [3.63, 3.8) is 0 Å². The second kappa shape index (κ2) is 5.36. The molecule has 0 aromatic heterocycles. The van der Waals surface area contributed by atoms with Crippen molar-refractivity contribution in [3.8, 4) is 0 Å². The van der Waals surface area contributed by atoms with Gasteiger partial charge in [0.25, 0.3) is 0 Å². The minimum Gasteiger partial charge on any atom is -0.314 e. The van der Waals surface area contributed by atoms with Gasteiger partial charge in [-0.1, -0.05) is 12.2 Å². The van der Waals surface area contributed by atoms with Gasteiger partial charge in [-0.25, -0.2) is 0 Å². The predicted molar refractivity (Wildman–Crippen MR) is 76.4 cm³/mol. The van der Waals surface area contributed by atoms with Crippen LogP contribution in [-0.4, -0.2) is 24.1 Å². The van der Waals surface area contributed by atoms with E-state index in [9.17, 15) is 0 Å². The molecular weight excluding hydrogens is 226 g/mol. The zero-order chi connectivity index (χ0) is 11.7. The zero-order valence-corrected chi connectivity index (χ0v) is 11.7. The number of nitrogens with one attached hydrogen (secondary N) is 1. The third-order valence-corrected chi connectivity index (χ3v) is 6.09. The highest BCUT2D eigenvalue weighted by atomic mass is 32.2. The van der Waals surface area contributed by atoms with Crippen molar-refractivity contribution in [2.24, 2.45) is 23.7 Å². The van der Waals surface area contributed by atoms with Crippen molar-refractivity contribution in [3.05, 3.63) is 12.2 Å². The fraction of sp³-hybridized carbons (Fsp3) is 0.867. The summed E-state index contributed by atoms with van der Waals surface area (Å²) in [6.45, 7) is 3.68. The Morgan fingerprint density at radius 1 is 1.24 bits per heavy atom. The second-order valence-electron chi connectivity index (χ2n) is 6.20. The lowest BCUT2D eigenvalue weighted by atomic mass is 9.87. The standard InChI is InChI=1S/C15H25NS/c1-11(15-9-13-2-3-14(15)8-13)16-10-12-4-6-17-7-5-12/h2-3,11-16H,4-10H2,1H3. The maximum Gasteiger partial charge on any atom is 0.00729 e. The fourth-order valence-electron chi connectivity index (χ4n) is 3.85. The summed E-state index contributed by atoms with van der Waals surface area (Å²) in [4.78, 5) is 0. The minimum absolute atomic E-state index is 0.726. The van der Waals surface area contributed by atoms with Crippen molar-refractivity contribution in [1.82, 2.24) is 5.32 Å². The SMILES string of the molecule is CC(NCC1CCSCC1)C1CC2C=CC1C2. The van der Waals surface area contributed by atoms with Crippen LogP contribution in [0.4, 0.5) is 0 Å². The second-order valence-corrected chi connectivity index (χ2v) is 7.42. The van der Waals surface area contributed by atoms with Crippen LogP contribution in [-0.2, 0) is 0 Å². The Bertz CT molecular complexity index is 283. The van der Waals surface area contributed by atoms with Gasteiger partial charge in [-0.15, -0.1) is 0 Å². The third-order valence-electron chi connectivity index (χ3n) is 5.04. The van der Waals surface area contributed by atoms with Crippen LogP contribution < -0.4 is 5.32 Å². The molecule has 4 unspecified atom stereocenters. The molecule has 0 spiro atoms. The van der Waals surface area contributed by atoms with Crippen LogP contribution in [0.15, 0.2) is 12.2 Å². The largest absolute Gasteiger partial charge is 0.314 e. The molecule has 2 heteroatoms. The van der Waals surface area contributed by atoms with E-state index in [1.165, 1.54) is 43.7 Å². The van der Waals surface area contributed by atoms with Crippen LogP contribution >= 0.6 is 11.8 Å². The van der Waals surface area contributed by atoms with Gasteiger partial charge < -0.3 is 5.32 Å². The normalized spacial score (nSPS) is 38.8. The van der Waals surface area contributed by atoms with E-state index in [1.807, 2.05) is 0 Å². The summed E-state index contributed by atoms with van der Waals surface area (Å²) < 4.78 is 0. The molecule has 17 heavy (non-hydrogen) atoms. The molecule has 2 aliphatic carbocycles. The first-order valence-electron chi connectivity index (χ1n) is 7.32. The number of rotatable bonds is 4. The molecule has 2 bridgehead atoms. The maximum atomic E-state index is 3.84. The fourth-order valence-corrected chi connectivity index (χ4v) is 5.06. The first-order valence-corrected chi connectivity index (χ1v) is 8.48. The molecule has 0 amide bonds. The minimum atomic E-state index is 0.726. The van der Waals surface area contributed by atoms with Gasteiger partial charge in [0.15, 0.2) is 0 Å². The van der Waals surface area contributed by atoms with Gasteiger partial charge >= 0.3 is 0 Å². The molecule has 1 saturated heterocycles. The Labute approximate surface area is 110 Å². The van der Waals surface area contributed by atoms with E-state index in [2.05, 4.69) is 36.2 Å².